The van der Waals surface area contributed by atoms with E-state index in [1.165, 1.54) is 5.56 Å². The van der Waals surface area contributed by atoms with Gasteiger partial charge in [0.1, 0.15) is 5.75 Å². The van der Waals surface area contributed by atoms with Crippen LogP contribution in [-0.4, -0.2) is 12.5 Å². The molecule has 3 nitrogen and oxygen atoms in total. The molecule has 0 heterocycles. The summed E-state index contributed by atoms with van der Waals surface area (Å²) in [6.07, 6.45) is 2.13. The van der Waals surface area contributed by atoms with Crippen LogP contribution >= 0.6 is 11.6 Å². The standard InChI is InChI=1S/C23H30ClNO2/c1-6-23(4,5)18-9-11-19(12-10-18)27-13-7-8-21(26)25-22-17(3)14-16(2)15-20(22)24/h9-12,14-15H,6-8,13H2,1-5H3,(H,25,26). The quantitative estimate of drug-likeness (QED) is 0.529. The molecule has 0 atom stereocenters. The zero-order valence-corrected chi connectivity index (χ0v) is 17.7. The zero-order chi connectivity index (χ0) is 20.0. The van der Waals surface area contributed by atoms with Gasteiger partial charge in [-0.2, -0.15) is 0 Å². The van der Waals surface area contributed by atoms with Gasteiger partial charge in [0.25, 0.3) is 0 Å². The molecule has 0 radical (unpaired) electrons. The first-order valence-corrected chi connectivity index (χ1v) is 9.90. The number of halogens is 1. The minimum absolute atomic E-state index is 0.0486. The number of carbonyl (C=O) groups is 1. The number of rotatable bonds is 8. The monoisotopic (exact) mass is 387 g/mol. The lowest BCUT2D eigenvalue weighted by Gasteiger charge is -2.23. The molecule has 0 saturated carbocycles. The van der Waals surface area contributed by atoms with Crippen LogP contribution < -0.4 is 10.1 Å². The molecule has 0 unspecified atom stereocenters. The van der Waals surface area contributed by atoms with Crippen molar-refractivity contribution in [1.82, 2.24) is 0 Å². The van der Waals surface area contributed by atoms with Crippen molar-refractivity contribution in [2.24, 2.45) is 0 Å². The number of hydrogen-bond acceptors (Lipinski definition) is 2. The number of aryl methyl sites for hydroxylation is 2. The molecule has 146 valence electrons. The first kappa shape index (κ1) is 21.3. The summed E-state index contributed by atoms with van der Waals surface area (Å²) in [5.74, 6) is 0.788. The fourth-order valence-corrected chi connectivity index (χ4v) is 3.27. The van der Waals surface area contributed by atoms with Crippen LogP contribution in [0.1, 0.15) is 56.7 Å². The molecule has 0 aromatic heterocycles. The van der Waals surface area contributed by atoms with E-state index in [2.05, 4.69) is 38.2 Å². The molecule has 2 aromatic carbocycles. The number of ether oxygens (including phenoxy) is 1. The van der Waals surface area contributed by atoms with Crippen LogP contribution in [0.2, 0.25) is 5.02 Å². The van der Waals surface area contributed by atoms with Crippen molar-refractivity contribution in [3.8, 4) is 5.75 Å². The van der Waals surface area contributed by atoms with Crippen molar-refractivity contribution in [2.75, 3.05) is 11.9 Å². The van der Waals surface area contributed by atoms with E-state index in [1.54, 1.807) is 0 Å². The number of benzene rings is 2. The van der Waals surface area contributed by atoms with Crippen molar-refractivity contribution in [2.45, 2.75) is 59.3 Å². The van der Waals surface area contributed by atoms with Crippen molar-refractivity contribution < 1.29 is 9.53 Å². The average molecular weight is 388 g/mol. The zero-order valence-electron chi connectivity index (χ0n) is 17.0. The predicted molar refractivity (Wildman–Crippen MR) is 114 cm³/mol. The molecule has 0 fully saturated rings. The second-order valence-corrected chi connectivity index (χ2v) is 8.11. The molecule has 0 saturated heterocycles. The van der Waals surface area contributed by atoms with Gasteiger partial charge >= 0.3 is 0 Å². The Morgan fingerprint density at radius 2 is 1.81 bits per heavy atom. The molecular formula is C23H30ClNO2. The summed E-state index contributed by atoms with van der Waals surface area (Å²) in [7, 11) is 0. The molecule has 0 aliphatic rings. The van der Waals surface area contributed by atoms with Gasteiger partial charge in [-0.3, -0.25) is 4.79 Å². The van der Waals surface area contributed by atoms with Crippen LogP contribution in [0.5, 0.6) is 5.75 Å². The van der Waals surface area contributed by atoms with Gasteiger partial charge in [0.15, 0.2) is 0 Å². The molecule has 1 N–H and O–H groups in total. The third-order valence-electron chi connectivity index (χ3n) is 5.03. The van der Waals surface area contributed by atoms with Crippen molar-refractivity contribution >= 4 is 23.2 Å². The lowest BCUT2D eigenvalue weighted by molar-refractivity contribution is -0.116. The summed E-state index contributed by atoms with van der Waals surface area (Å²) in [6.45, 7) is 11.1. The van der Waals surface area contributed by atoms with Crippen molar-refractivity contribution in [3.05, 3.63) is 58.1 Å². The molecule has 0 aliphatic heterocycles. The van der Waals surface area contributed by atoms with Crippen LogP contribution in [-0.2, 0) is 10.2 Å². The van der Waals surface area contributed by atoms with E-state index in [4.69, 9.17) is 16.3 Å². The van der Waals surface area contributed by atoms with Crippen molar-refractivity contribution in [3.63, 3.8) is 0 Å². The molecule has 27 heavy (non-hydrogen) atoms. The Bertz CT molecular complexity index is 758. The summed E-state index contributed by atoms with van der Waals surface area (Å²) >= 11 is 6.24. The number of hydrogen-bond donors (Lipinski definition) is 1. The van der Waals surface area contributed by atoms with Crippen LogP contribution in [0, 0.1) is 13.8 Å². The lowest BCUT2D eigenvalue weighted by Crippen LogP contribution is -2.15. The first-order chi connectivity index (χ1) is 12.7. The van der Waals surface area contributed by atoms with E-state index in [-0.39, 0.29) is 11.3 Å². The van der Waals surface area contributed by atoms with Gasteiger partial charge in [-0.25, -0.2) is 0 Å². The molecule has 1 amide bonds. The summed E-state index contributed by atoms with van der Waals surface area (Å²) in [6, 6.07) is 12.1. The van der Waals surface area contributed by atoms with Gasteiger partial charge in [0.2, 0.25) is 5.91 Å². The molecule has 0 spiro atoms. The van der Waals surface area contributed by atoms with E-state index in [0.29, 0.717) is 30.2 Å². The van der Waals surface area contributed by atoms with Crippen LogP contribution in [0.3, 0.4) is 0 Å². The lowest BCUT2D eigenvalue weighted by atomic mass is 9.82. The topological polar surface area (TPSA) is 38.3 Å². The Morgan fingerprint density at radius 1 is 1.15 bits per heavy atom. The highest BCUT2D eigenvalue weighted by atomic mass is 35.5. The van der Waals surface area contributed by atoms with Gasteiger partial charge in [-0.05, 0) is 67.0 Å². The number of carbonyl (C=O) groups excluding carboxylic acids is 1. The van der Waals surface area contributed by atoms with Crippen LogP contribution in [0.4, 0.5) is 5.69 Å². The Kier molecular flexibility index (Phi) is 7.32. The Labute approximate surface area is 168 Å². The van der Waals surface area contributed by atoms with Gasteiger partial charge < -0.3 is 10.1 Å². The highest BCUT2D eigenvalue weighted by Gasteiger charge is 2.17. The Morgan fingerprint density at radius 3 is 2.41 bits per heavy atom. The minimum atomic E-state index is -0.0486. The highest BCUT2D eigenvalue weighted by Crippen LogP contribution is 2.29. The van der Waals surface area contributed by atoms with E-state index < -0.39 is 0 Å². The summed E-state index contributed by atoms with van der Waals surface area (Å²) < 4.78 is 5.77. The molecule has 4 heteroatoms. The van der Waals surface area contributed by atoms with Crippen LogP contribution in [0.15, 0.2) is 36.4 Å². The maximum atomic E-state index is 12.2. The van der Waals surface area contributed by atoms with Gasteiger partial charge in [0.05, 0.1) is 17.3 Å². The van der Waals surface area contributed by atoms with E-state index in [1.807, 2.05) is 38.1 Å². The normalized spacial score (nSPS) is 11.3. The largest absolute Gasteiger partial charge is 0.494 e. The van der Waals surface area contributed by atoms with E-state index in [9.17, 15) is 4.79 Å². The maximum Gasteiger partial charge on any atom is 0.224 e. The molecule has 2 aromatic rings. The summed E-state index contributed by atoms with van der Waals surface area (Å²) in [4.78, 5) is 12.2. The fraction of sp³-hybridized carbons (Fsp3) is 0.435. The Balaban J connectivity index is 1.79. The highest BCUT2D eigenvalue weighted by molar-refractivity contribution is 6.34. The van der Waals surface area contributed by atoms with Gasteiger partial charge in [-0.15, -0.1) is 0 Å². The molecule has 2 rings (SSSR count). The third-order valence-corrected chi connectivity index (χ3v) is 5.33. The second kappa shape index (κ2) is 9.27. The molecular weight excluding hydrogens is 358 g/mol. The SMILES string of the molecule is CCC(C)(C)c1ccc(OCCCC(=O)Nc2c(C)cc(C)cc2Cl)cc1. The third kappa shape index (κ3) is 6.00. The summed E-state index contributed by atoms with van der Waals surface area (Å²) in [5, 5.41) is 3.48. The summed E-state index contributed by atoms with van der Waals surface area (Å²) in [5.41, 5.74) is 4.23. The first-order valence-electron chi connectivity index (χ1n) is 9.53. The van der Waals surface area contributed by atoms with Crippen LogP contribution in [0.25, 0.3) is 0 Å². The van der Waals surface area contributed by atoms with Crippen molar-refractivity contribution in [1.29, 1.82) is 0 Å². The molecule has 0 bridgehead atoms. The Hall–Kier alpha value is -2.00. The maximum absolute atomic E-state index is 12.2. The number of nitrogens with one attached hydrogen (secondary N) is 1. The molecule has 0 aliphatic carbocycles. The van der Waals surface area contributed by atoms with Gasteiger partial charge in [0, 0.05) is 6.42 Å². The number of anilines is 1. The number of amides is 1. The average Bonchev–Trinajstić information content (AvgIpc) is 2.62. The smallest absolute Gasteiger partial charge is 0.224 e. The fourth-order valence-electron chi connectivity index (χ4n) is 2.91. The second-order valence-electron chi connectivity index (χ2n) is 7.70. The van der Waals surface area contributed by atoms with Gasteiger partial charge in [-0.1, -0.05) is 50.6 Å². The van der Waals surface area contributed by atoms with E-state index >= 15 is 0 Å². The predicted octanol–water partition coefficient (Wildman–Crippen LogP) is 6.44. The van der Waals surface area contributed by atoms with E-state index in [0.717, 1.165) is 23.3 Å². The minimum Gasteiger partial charge on any atom is -0.494 e.